The fourth-order valence-corrected chi connectivity index (χ4v) is 3.07. The van der Waals surface area contributed by atoms with Crippen molar-refractivity contribution in [1.29, 1.82) is 0 Å². The van der Waals surface area contributed by atoms with Crippen LogP contribution in [0.1, 0.15) is 26.7 Å². The molecule has 0 atom stereocenters. The van der Waals surface area contributed by atoms with Crippen LogP contribution in [0.3, 0.4) is 0 Å². The number of methoxy groups -OCH3 is 1. The molecule has 0 amide bonds. The summed E-state index contributed by atoms with van der Waals surface area (Å²) in [6.07, 6.45) is 4.70. The van der Waals surface area contributed by atoms with Crippen molar-refractivity contribution in [1.82, 2.24) is 14.9 Å². The van der Waals surface area contributed by atoms with Gasteiger partial charge in [-0.2, -0.15) is 0 Å². The highest BCUT2D eigenvalue weighted by Gasteiger charge is 2.01. The van der Waals surface area contributed by atoms with Crippen LogP contribution in [0, 0.1) is 0 Å². The molecule has 0 aliphatic heterocycles. The molecule has 11 heteroatoms. The molecule has 0 radical (unpaired) electrons. The molecule has 0 aliphatic carbocycles. The second-order valence-electron chi connectivity index (χ2n) is 6.04. The van der Waals surface area contributed by atoms with E-state index in [1.807, 2.05) is 38.4 Å². The number of aryl methyl sites for hydroxylation is 1. The number of nitrogens with zero attached hydrogens (tertiary/aromatic N) is 2. The first-order valence-corrected chi connectivity index (χ1v) is 10.6. The number of rotatable bonds is 7. The molecule has 3 rings (SSSR count). The molecule has 176 valence electrons. The van der Waals surface area contributed by atoms with Gasteiger partial charge in [-0.1, -0.05) is 0 Å². The Balaban J connectivity index is 0.000000450. The van der Waals surface area contributed by atoms with Crippen LogP contribution >= 0.6 is 23.1 Å². The van der Waals surface area contributed by atoms with E-state index in [0.29, 0.717) is 24.3 Å². The Labute approximate surface area is 197 Å². The number of hydrogen-bond acceptors (Lipinski definition) is 9. The average Bonchev–Trinajstić information content (AvgIpc) is 3.40. The minimum atomic E-state index is 0.350. The highest BCUT2D eigenvalue weighted by atomic mass is 35.5. The largest absolute Gasteiger partial charge is 0.388 e. The molecule has 9 nitrogen and oxygen atoms in total. The minimum absolute atomic E-state index is 0.350. The van der Waals surface area contributed by atoms with Crippen molar-refractivity contribution in [2.75, 3.05) is 45.0 Å². The first kappa shape index (κ1) is 29.2. The number of carbonyl (C=O) groups is 3. The van der Waals surface area contributed by atoms with Gasteiger partial charge in [-0.15, -0.1) is 11.3 Å². The van der Waals surface area contributed by atoms with E-state index < -0.39 is 0 Å². The van der Waals surface area contributed by atoms with Crippen LogP contribution in [-0.4, -0.2) is 63.3 Å². The van der Waals surface area contributed by atoms with E-state index in [-0.39, 0.29) is 0 Å². The number of ether oxygens (including phenoxy) is 1. The van der Waals surface area contributed by atoms with Gasteiger partial charge in [-0.05, 0) is 36.7 Å². The summed E-state index contributed by atoms with van der Waals surface area (Å²) in [7, 11) is 8.67. The van der Waals surface area contributed by atoms with E-state index in [0.717, 1.165) is 39.8 Å². The number of carbonyl (C=O) groups excluding carboxylic acids is 3. The first-order chi connectivity index (χ1) is 15.4. The highest BCUT2D eigenvalue weighted by Crippen LogP contribution is 2.26. The van der Waals surface area contributed by atoms with Crippen molar-refractivity contribution in [2.45, 2.75) is 6.42 Å². The zero-order chi connectivity index (χ0) is 24.4. The van der Waals surface area contributed by atoms with E-state index in [1.54, 1.807) is 32.0 Å². The van der Waals surface area contributed by atoms with Crippen LogP contribution in [0.4, 0.5) is 11.5 Å². The van der Waals surface area contributed by atoms with E-state index in [1.165, 1.54) is 11.3 Å². The van der Waals surface area contributed by atoms with Crippen LogP contribution < -0.4 is 15.5 Å². The molecule has 3 aromatic rings. The molecule has 0 saturated heterocycles. The average molecular weight is 484 g/mol. The Morgan fingerprint density at radius 2 is 1.84 bits per heavy atom. The minimum Gasteiger partial charge on any atom is -0.388 e. The van der Waals surface area contributed by atoms with Crippen molar-refractivity contribution in [3.8, 4) is 0 Å². The zero-order valence-electron chi connectivity index (χ0n) is 18.8. The number of aromatic nitrogens is 2. The van der Waals surface area contributed by atoms with Gasteiger partial charge in [0.1, 0.15) is 6.29 Å². The lowest BCUT2D eigenvalue weighted by molar-refractivity contribution is -0.107. The van der Waals surface area contributed by atoms with Crippen molar-refractivity contribution in [2.24, 2.45) is 7.05 Å². The molecule has 32 heavy (non-hydrogen) atoms. The quantitative estimate of drug-likeness (QED) is 0.265. The molecule has 0 spiro atoms. The second-order valence-corrected chi connectivity index (χ2v) is 7.35. The van der Waals surface area contributed by atoms with E-state index in [2.05, 4.69) is 25.2 Å². The zero-order valence-corrected chi connectivity index (χ0v) is 20.4. The Kier molecular flexibility index (Phi) is 16.3. The Bertz CT molecular complexity index is 946. The van der Waals surface area contributed by atoms with Gasteiger partial charge < -0.3 is 24.7 Å². The van der Waals surface area contributed by atoms with Gasteiger partial charge in [0.05, 0.1) is 4.88 Å². The Morgan fingerprint density at radius 3 is 2.25 bits per heavy atom. The number of thiophene rings is 1. The summed E-state index contributed by atoms with van der Waals surface area (Å²) in [6, 6.07) is 7.99. The number of benzene rings is 1. The summed E-state index contributed by atoms with van der Waals surface area (Å²) in [5.41, 5.74) is 1.07. The highest BCUT2D eigenvalue weighted by molar-refractivity contribution is 7.20. The molecule has 0 aliphatic rings. The number of aldehydes is 3. The number of imidazole rings is 1. The third kappa shape index (κ3) is 11.0. The summed E-state index contributed by atoms with van der Waals surface area (Å²) in [5.74, 6) is 0.828. The molecule has 2 heterocycles. The molecule has 1 aromatic carbocycles. The summed E-state index contributed by atoms with van der Waals surface area (Å²) < 4.78 is 6.98. The molecule has 0 fully saturated rings. The van der Waals surface area contributed by atoms with Crippen molar-refractivity contribution in [3.05, 3.63) is 41.2 Å². The lowest BCUT2D eigenvalue weighted by Crippen LogP contribution is -2.07. The number of halogens is 1. The Morgan fingerprint density at radius 1 is 1.16 bits per heavy atom. The molecular formula is C21H30ClN5O4S. The van der Waals surface area contributed by atoms with Crippen LogP contribution in [-0.2, 0) is 16.6 Å². The standard InChI is InChI=1S/C10H9NOS.C5H6ClN3O.C4H9NO.C2H6O/c1-11-8-2-3-10-7(4-8)5-9(6-12)13-10;1-9-2-4(8-6)7-5(9)3-10;1-5-3-2-4-6;1-3-2/h2-6,11H,1H3;2-3,8H,1H3;4-5H,2-3H2,1H3;1-2H3. The maximum Gasteiger partial charge on any atom is 0.185 e. The summed E-state index contributed by atoms with van der Waals surface area (Å²) in [5, 5.41) is 7.02. The lowest BCUT2D eigenvalue weighted by Gasteiger charge is -1.97. The number of anilines is 2. The number of nitrogens with one attached hydrogen (secondary N) is 3. The van der Waals surface area contributed by atoms with Gasteiger partial charge in [0.25, 0.3) is 0 Å². The number of hydrogen-bond donors (Lipinski definition) is 3. The van der Waals surface area contributed by atoms with E-state index >= 15 is 0 Å². The van der Waals surface area contributed by atoms with Crippen molar-refractivity contribution in [3.63, 3.8) is 0 Å². The van der Waals surface area contributed by atoms with Gasteiger partial charge in [0.2, 0.25) is 0 Å². The predicted octanol–water partition coefficient (Wildman–Crippen LogP) is 3.61. The first-order valence-electron chi connectivity index (χ1n) is 9.44. The summed E-state index contributed by atoms with van der Waals surface area (Å²) in [4.78, 5) is 37.1. The number of fused-ring (bicyclic) bond motifs is 1. The predicted molar refractivity (Wildman–Crippen MR) is 132 cm³/mol. The third-order valence-corrected chi connectivity index (χ3v) is 4.80. The summed E-state index contributed by atoms with van der Waals surface area (Å²) in [6.45, 7) is 0.795. The van der Waals surface area contributed by atoms with Crippen LogP contribution in [0.25, 0.3) is 10.1 Å². The molecule has 0 unspecified atom stereocenters. The summed E-state index contributed by atoms with van der Waals surface area (Å²) >= 11 is 6.75. The van der Waals surface area contributed by atoms with Crippen molar-refractivity contribution < 1.29 is 19.1 Å². The topological polar surface area (TPSA) is 114 Å². The van der Waals surface area contributed by atoms with Gasteiger partial charge >= 0.3 is 0 Å². The van der Waals surface area contributed by atoms with E-state index in [9.17, 15) is 14.4 Å². The monoisotopic (exact) mass is 483 g/mol. The maximum absolute atomic E-state index is 10.5. The smallest absolute Gasteiger partial charge is 0.185 e. The van der Waals surface area contributed by atoms with Gasteiger partial charge in [0.15, 0.2) is 24.2 Å². The molecular weight excluding hydrogens is 454 g/mol. The van der Waals surface area contributed by atoms with Gasteiger partial charge in [-0.25, -0.2) is 4.98 Å². The SMILES string of the molecule is CNCCC=O.CNc1ccc2sc(C=O)cc2c1.COC.Cn1cc(NCl)nc1C=O. The third-order valence-electron chi connectivity index (χ3n) is 3.57. The Hall–Kier alpha value is -2.79. The van der Waals surface area contributed by atoms with E-state index in [4.69, 9.17) is 11.8 Å². The van der Waals surface area contributed by atoms with Crippen LogP contribution in [0.2, 0.25) is 0 Å². The fourth-order valence-electron chi connectivity index (χ4n) is 2.12. The van der Waals surface area contributed by atoms with Crippen molar-refractivity contribution >= 4 is 63.6 Å². The van der Waals surface area contributed by atoms with Crippen LogP contribution in [0.5, 0.6) is 0 Å². The lowest BCUT2D eigenvalue weighted by atomic mass is 10.2. The molecule has 3 N–H and O–H groups in total. The fraction of sp³-hybridized carbons (Fsp3) is 0.333. The molecule has 0 saturated carbocycles. The maximum atomic E-state index is 10.5. The van der Waals surface area contributed by atoms with Gasteiger partial charge in [-0.3, -0.25) is 14.4 Å². The molecule has 2 aromatic heterocycles. The van der Waals surface area contributed by atoms with Gasteiger partial charge in [0, 0.05) is 69.6 Å². The van der Waals surface area contributed by atoms with Crippen LogP contribution in [0.15, 0.2) is 30.5 Å². The molecule has 0 bridgehead atoms. The normalized spacial score (nSPS) is 9.19. The second kappa shape index (κ2) is 17.8.